The molecule has 0 fully saturated rings. The second kappa shape index (κ2) is 9.01. The molecule has 1 N–H and O–H groups in total. The van der Waals surface area contributed by atoms with Crippen LogP contribution >= 0.6 is 11.6 Å². The Hall–Kier alpha value is -3.31. The standard InChI is InChI=1S/C24H21ClN2O3/c25-21-8-4-7-18(11-21)13-26-24(29)19-9-10-22-20(12-19)15-27(23(28)16-30-22)14-17-5-2-1-3-6-17/h1-12H,13-16H2,(H,26,29). The Morgan fingerprint density at radius 2 is 1.80 bits per heavy atom. The summed E-state index contributed by atoms with van der Waals surface area (Å²) in [5, 5.41) is 3.54. The van der Waals surface area contributed by atoms with Gasteiger partial charge >= 0.3 is 0 Å². The van der Waals surface area contributed by atoms with Crippen LogP contribution < -0.4 is 10.1 Å². The number of nitrogens with zero attached hydrogens (tertiary/aromatic N) is 1. The molecule has 3 aromatic rings. The summed E-state index contributed by atoms with van der Waals surface area (Å²) in [7, 11) is 0. The van der Waals surface area contributed by atoms with Crippen molar-refractivity contribution in [3.05, 3.63) is 100 Å². The van der Waals surface area contributed by atoms with Gasteiger partial charge in [0.2, 0.25) is 0 Å². The van der Waals surface area contributed by atoms with Crippen LogP contribution in [0.15, 0.2) is 72.8 Å². The van der Waals surface area contributed by atoms with Gasteiger partial charge in [0.15, 0.2) is 6.61 Å². The van der Waals surface area contributed by atoms with E-state index in [9.17, 15) is 9.59 Å². The number of benzene rings is 3. The molecule has 0 spiro atoms. The molecule has 0 saturated carbocycles. The van der Waals surface area contributed by atoms with Crippen LogP contribution in [0.4, 0.5) is 0 Å². The van der Waals surface area contributed by atoms with E-state index in [2.05, 4.69) is 5.32 Å². The Morgan fingerprint density at radius 3 is 2.60 bits per heavy atom. The molecule has 5 nitrogen and oxygen atoms in total. The van der Waals surface area contributed by atoms with E-state index < -0.39 is 0 Å². The van der Waals surface area contributed by atoms with E-state index in [0.29, 0.717) is 36.0 Å². The molecule has 4 rings (SSSR count). The van der Waals surface area contributed by atoms with Gasteiger partial charge in [0.05, 0.1) is 0 Å². The van der Waals surface area contributed by atoms with Gasteiger partial charge in [-0.3, -0.25) is 9.59 Å². The predicted molar refractivity (Wildman–Crippen MR) is 115 cm³/mol. The van der Waals surface area contributed by atoms with E-state index in [0.717, 1.165) is 16.7 Å². The van der Waals surface area contributed by atoms with Crippen LogP contribution in [0.5, 0.6) is 5.75 Å². The Kier molecular flexibility index (Phi) is 6.00. The van der Waals surface area contributed by atoms with Crippen LogP contribution in [0.1, 0.15) is 27.0 Å². The third-order valence-electron chi connectivity index (χ3n) is 4.95. The van der Waals surface area contributed by atoms with Crippen molar-refractivity contribution in [2.24, 2.45) is 0 Å². The van der Waals surface area contributed by atoms with Gasteiger partial charge in [-0.05, 0) is 41.5 Å². The lowest BCUT2D eigenvalue weighted by atomic mass is 10.1. The number of amides is 2. The Labute approximate surface area is 180 Å². The fraction of sp³-hybridized carbons (Fsp3) is 0.167. The molecule has 2 amide bonds. The van der Waals surface area contributed by atoms with Gasteiger partial charge in [-0.15, -0.1) is 0 Å². The summed E-state index contributed by atoms with van der Waals surface area (Å²) < 4.78 is 5.67. The highest BCUT2D eigenvalue weighted by Gasteiger charge is 2.22. The molecule has 30 heavy (non-hydrogen) atoms. The maximum Gasteiger partial charge on any atom is 0.261 e. The van der Waals surface area contributed by atoms with Crippen molar-refractivity contribution >= 4 is 23.4 Å². The van der Waals surface area contributed by atoms with Crippen molar-refractivity contribution in [2.45, 2.75) is 19.6 Å². The normalized spacial score (nSPS) is 13.2. The molecule has 0 atom stereocenters. The van der Waals surface area contributed by atoms with Crippen LogP contribution in [0, 0.1) is 0 Å². The van der Waals surface area contributed by atoms with E-state index in [4.69, 9.17) is 16.3 Å². The molecule has 1 heterocycles. The lowest BCUT2D eigenvalue weighted by molar-refractivity contribution is -0.133. The first-order valence-electron chi connectivity index (χ1n) is 9.68. The quantitative estimate of drug-likeness (QED) is 0.673. The summed E-state index contributed by atoms with van der Waals surface area (Å²) in [6.45, 7) is 1.25. The maximum atomic E-state index is 12.6. The minimum absolute atomic E-state index is 0.0137. The van der Waals surface area contributed by atoms with E-state index in [1.54, 1.807) is 29.2 Å². The molecule has 152 valence electrons. The van der Waals surface area contributed by atoms with Crippen molar-refractivity contribution in [2.75, 3.05) is 6.61 Å². The Balaban J connectivity index is 1.48. The highest BCUT2D eigenvalue weighted by Crippen LogP contribution is 2.26. The van der Waals surface area contributed by atoms with E-state index in [-0.39, 0.29) is 18.4 Å². The van der Waals surface area contributed by atoms with Crippen LogP contribution in [0.25, 0.3) is 0 Å². The summed E-state index contributed by atoms with van der Waals surface area (Å²) in [6.07, 6.45) is 0. The van der Waals surface area contributed by atoms with Gasteiger partial charge in [-0.1, -0.05) is 54.1 Å². The van der Waals surface area contributed by atoms with Crippen LogP contribution in [0.2, 0.25) is 5.02 Å². The molecule has 0 bridgehead atoms. The number of hydrogen-bond acceptors (Lipinski definition) is 3. The van der Waals surface area contributed by atoms with E-state index in [1.807, 2.05) is 48.5 Å². The maximum absolute atomic E-state index is 12.6. The first-order valence-corrected chi connectivity index (χ1v) is 10.1. The summed E-state index contributed by atoms with van der Waals surface area (Å²) in [4.78, 5) is 26.9. The minimum atomic E-state index is -0.192. The lowest BCUT2D eigenvalue weighted by Gasteiger charge is -2.20. The summed E-state index contributed by atoms with van der Waals surface area (Å²) in [5.41, 5.74) is 3.30. The average Bonchev–Trinajstić information content (AvgIpc) is 2.91. The Morgan fingerprint density at radius 1 is 1.00 bits per heavy atom. The summed E-state index contributed by atoms with van der Waals surface area (Å²) in [5.74, 6) is 0.357. The smallest absolute Gasteiger partial charge is 0.261 e. The molecular weight excluding hydrogens is 400 g/mol. The topological polar surface area (TPSA) is 58.6 Å². The van der Waals surface area contributed by atoms with Gasteiger partial charge in [0.1, 0.15) is 5.75 Å². The van der Waals surface area contributed by atoms with Crippen LogP contribution in [0.3, 0.4) is 0 Å². The fourth-order valence-electron chi connectivity index (χ4n) is 3.39. The Bertz CT molecular complexity index is 1070. The zero-order valence-electron chi connectivity index (χ0n) is 16.3. The molecule has 3 aromatic carbocycles. The number of nitrogens with one attached hydrogen (secondary N) is 1. The third kappa shape index (κ3) is 4.81. The SMILES string of the molecule is O=C(NCc1cccc(Cl)c1)c1ccc2c(c1)CN(Cc1ccccc1)C(=O)CO2. The number of carbonyl (C=O) groups excluding carboxylic acids is 2. The van der Waals surface area contributed by atoms with Gasteiger partial charge in [-0.25, -0.2) is 0 Å². The summed E-state index contributed by atoms with van der Waals surface area (Å²) in [6, 6.07) is 22.4. The molecule has 0 radical (unpaired) electrons. The number of halogens is 1. The molecule has 0 unspecified atom stereocenters. The molecule has 1 aliphatic heterocycles. The second-order valence-corrected chi connectivity index (χ2v) is 7.60. The minimum Gasteiger partial charge on any atom is -0.483 e. The van der Waals surface area contributed by atoms with Gasteiger partial charge in [0.25, 0.3) is 11.8 Å². The lowest BCUT2D eigenvalue weighted by Crippen LogP contribution is -2.31. The van der Waals surface area contributed by atoms with Crippen LogP contribution in [-0.4, -0.2) is 23.3 Å². The number of hydrogen-bond donors (Lipinski definition) is 1. The zero-order chi connectivity index (χ0) is 20.9. The highest BCUT2D eigenvalue weighted by atomic mass is 35.5. The number of carbonyl (C=O) groups is 2. The van der Waals surface area contributed by atoms with E-state index in [1.165, 1.54) is 0 Å². The molecule has 0 saturated heterocycles. The van der Waals surface area contributed by atoms with Gasteiger partial charge in [-0.2, -0.15) is 0 Å². The molecular formula is C24H21ClN2O3. The number of fused-ring (bicyclic) bond motifs is 1. The molecule has 1 aliphatic rings. The fourth-order valence-corrected chi connectivity index (χ4v) is 3.60. The molecule has 0 aromatic heterocycles. The summed E-state index contributed by atoms with van der Waals surface area (Å²) >= 11 is 6.00. The van der Waals surface area contributed by atoms with Gasteiger partial charge < -0.3 is 15.0 Å². The first-order chi connectivity index (χ1) is 14.6. The molecule has 0 aliphatic carbocycles. The monoisotopic (exact) mass is 420 g/mol. The van der Waals surface area contributed by atoms with Crippen LogP contribution in [-0.2, 0) is 24.4 Å². The largest absolute Gasteiger partial charge is 0.483 e. The highest BCUT2D eigenvalue weighted by molar-refractivity contribution is 6.30. The zero-order valence-corrected chi connectivity index (χ0v) is 17.1. The van der Waals surface area contributed by atoms with Crippen molar-refractivity contribution in [3.8, 4) is 5.75 Å². The second-order valence-electron chi connectivity index (χ2n) is 7.16. The number of ether oxygens (including phenoxy) is 1. The molecule has 6 heteroatoms. The van der Waals surface area contributed by atoms with Crippen molar-refractivity contribution in [1.29, 1.82) is 0 Å². The number of rotatable bonds is 5. The average molecular weight is 421 g/mol. The van der Waals surface area contributed by atoms with Crippen molar-refractivity contribution in [1.82, 2.24) is 10.2 Å². The van der Waals surface area contributed by atoms with Crippen molar-refractivity contribution < 1.29 is 14.3 Å². The first kappa shape index (κ1) is 20.0. The van der Waals surface area contributed by atoms with Gasteiger partial charge in [0, 0.05) is 35.8 Å². The van der Waals surface area contributed by atoms with E-state index >= 15 is 0 Å². The predicted octanol–water partition coefficient (Wildman–Crippen LogP) is 4.19. The third-order valence-corrected chi connectivity index (χ3v) is 5.18. The van der Waals surface area contributed by atoms with Crippen molar-refractivity contribution in [3.63, 3.8) is 0 Å².